The summed E-state index contributed by atoms with van der Waals surface area (Å²) in [6.07, 6.45) is 0. The minimum absolute atomic E-state index is 0.00717. The Morgan fingerprint density at radius 1 is 1.18 bits per heavy atom. The molecule has 1 aromatic rings. The zero-order chi connectivity index (χ0) is 16.9. The first kappa shape index (κ1) is 18.2. The molecule has 0 spiro atoms. The van der Waals surface area contributed by atoms with E-state index in [1.54, 1.807) is 19.0 Å². The lowest BCUT2D eigenvalue weighted by molar-refractivity contribution is -0.894. The molecule has 0 aliphatic rings. The lowest BCUT2D eigenvalue weighted by Gasteiger charge is -2.28. The molecule has 2 atom stereocenters. The first-order chi connectivity index (χ1) is 10.1. The highest BCUT2D eigenvalue weighted by molar-refractivity contribution is 5.82. The van der Waals surface area contributed by atoms with Crippen LogP contribution in [0.4, 0.5) is 0 Å². The SMILES string of the molecule is CN(C)C(=O)[C@H](c1ccccc1)[NH+](C)CC(=O)NC(C)(C)C. The number of hydrogen-bond acceptors (Lipinski definition) is 2. The summed E-state index contributed by atoms with van der Waals surface area (Å²) in [6.45, 7) is 6.08. The smallest absolute Gasteiger partial charge is 0.285 e. The van der Waals surface area contributed by atoms with Gasteiger partial charge in [-0.05, 0) is 20.8 Å². The Bertz CT molecular complexity index is 506. The zero-order valence-electron chi connectivity index (χ0n) is 14.4. The third kappa shape index (κ3) is 5.48. The summed E-state index contributed by atoms with van der Waals surface area (Å²) in [5.74, 6) is -0.0651. The van der Waals surface area contributed by atoms with Crippen molar-refractivity contribution >= 4 is 11.8 Å². The van der Waals surface area contributed by atoms with E-state index in [0.29, 0.717) is 0 Å². The van der Waals surface area contributed by atoms with Crippen molar-refractivity contribution < 1.29 is 14.5 Å². The summed E-state index contributed by atoms with van der Waals surface area (Å²) >= 11 is 0. The number of hydrogen-bond donors (Lipinski definition) is 2. The van der Waals surface area contributed by atoms with Gasteiger partial charge < -0.3 is 15.1 Å². The quantitative estimate of drug-likeness (QED) is 0.819. The van der Waals surface area contributed by atoms with Crippen LogP contribution in [-0.2, 0) is 9.59 Å². The number of likely N-dealkylation sites (N-methyl/N-ethyl adjacent to an activating group) is 2. The number of carbonyl (C=O) groups excluding carboxylic acids is 2. The van der Waals surface area contributed by atoms with E-state index >= 15 is 0 Å². The Labute approximate surface area is 133 Å². The van der Waals surface area contributed by atoms with Gasteiger partial charge >= 0.3 is 0 Å². The molecule has 0 fully saturated rings. The van der Waals surface area contributed by atoms with Crippen molar-refractivity contribution in [3.63, 3.8) is 0 Å². The van der Waals surface area contributed by atoms with Gasteiger partial charge in [0.1, 0.15) is 0 Å². The standard InChI is InChI=1S/C17H27N3O2/c1-17(2,3)18-14(21)12-20(6)15(16(22)19(4)5)13-10-8-7-9-11-13/h7-11,15H,12H2,1-6H3,(H,18,21)/p+1/t15-/m0/s1. The second-order valence-corrected chi connectivity index (χ2v) is 6.90. The Morgan fingerprint density at radius 2 is 1.73 bits per heavy atom. The summed E-state index contributed by atoms with van der Waals surface area (Å²) in [6, 6.07) is 9.21. The molecular weight excluding hydrogens is 278 g/mol. The Balaban J connectivity index is 2.92. The highest BCUT2D eigenvalue weighted by atomic mass is 16.2. The molecule has 0 bridgehead atoms. The number of nitrogens with zero attached hydrogens (tertiary/aromatic N) is 1. The maximum atomic E-state index is 12.5. The van der Waals surface area contributed by atoms with Gasteiger partial charge in [-0.1, -0.05) is 30.3 Å². The fourth-order valence-corrected chi connectivity index (χ4v) is 2.36. The average molecular weight is 306 g/mol. The molecule has 0 saturated carbocycles. The molecule has 5 heteroatoms. The molecular formula is C17H28N3O2+. The van der Waals surface area contributed by atoms with Crippen LogP contribution in [0.3, 0.4) is 0 Å². The van der Waals surface area contributed by atoms with E-state index in [2.05, 4.69) is 5.32 Å². The fourth-order valence-electron chi connectivity index (χ4n) is 2.36. The van der Waals surface area contributed by atoms with Gasteiger partial charge in [0.05, 0.1) is 7.05 Å². The van der Waals surface area contributed by atoms with E-state index in [1.165, 1.54) is 0 Å². The van der Waals surface area contributed by atoms with E-state index in [9.17, 15) is 9.59 Å². The number of nitrogens with one attached hydrogen (secondary N) is 2. The van der Waals surface area contributed by atoms with Crippen LogP contribution in [0.2, 0.25) is 0 Å². The van der Waals surface area contributed by atoms with Crippen molar-refractivity contribution in [3.05, 3.63) is 35.9 Å². The van der Waals surface area contributed by atoms with Crippen molar-refractivity contribution in [2.24, 2.45) is 0 Å². The first-order valence-electron chi connectivity index (χ1n) is 7.51. The normalized spacial score (nSPS) is 14.1. The fraction of sp³-hybridized carbons (Fsp3) is 0.529. The maximum Gasteiger partial charge on any atom is 0.285 e. The van der Waals surface area contributed by atoms with Gasteiger partial charge in [0, 0.05) is 25.2 Å². The lowest BCUT2D eigenvalue weighted by Crippen LogP contribution is -3.11. The van der Waals surface area contributed by atoms with Gasteiger partial charge in [0.15, 0.2) is 12.6 Å². The second-order valence-electron chi connectivity index (χ2n) is 6.90. The summed E-state index contributed by atoms with van der Waals surface area (Å²) in [7, 11) is 5.35. The van der Waals surface area contributed by atoms with E-state index in [4.69, 9.17) is 0 Å². The van der Waals surface area contributed by atoms with Crippen molar-refractivity contribution in [3.8, 4) is 0 Å². The van der Waals surface area contributed by atoms with Crippen LogP contribution >= 0.6 is 0 Å². The first-order valence-corrected chi connectivity index (χ1v) is 7.51. The predicted molar refractivity (Wildman–Crippen MR) is 87.5 cm³/mol. The largest absolute Gasteiger partial charge is 0.347 e. The Hall–Kier alpha value is -1.88. The highest BCUT2D eigenvalue weighted by Crippen LogP contribution is 2.11. The molecule has 0 aliphatic carbocycles. The van der Waals surface area contributed by atoms with Gasteiger partial charge in [-0.2, -0.15) is 0 Å². The minimum Gasteiger partial charge on any atom is -0.347 e. The van der Waals surface area contributed by atoms with Gasteiger partial charge in [0.2, 0.25) is 0 Å². The van der Waals surface area contributed by atoms with Gasteiger partial charge in [-0.15, -0.1) is 0 Å². The summed E-state index contributed by atoms with van der Waals surface area (Å²) < 4.78 is 0. The van der Waals surface area contributed by atoms with Crippen molar-refractivity contribution in [2.45, 2.75) is 32.4 Å². The molecule has 22 heavy (non-hydrogen) atoms. The predicted octanol–water partition coefficient (Wildman–Crippen LogP) is 0.245. The number of amides is 2. The molecule has 0 saturated heterocycles. The third-order valence-electron chi connectivity index (χ3n) is 3.27. The number of carbonyl (C=O) groups is 2. The molecule has 2 N–H and O–H groups in total. The van der Waals surface area contributed by atoms with E-state index in [-0.39, 0.29) is 29.9 Å². The van der Waals surface area contributed by atoms with Crippen LogP contribution < -0.4 is 10.2 Å². The van der Waals surface area contributed by atoms with Crippen molar-refractivity contribution in [1.82, 2.24) is 10.2 Å². The number of benzene rings is 1. The van der Waals surface area contributed by atoms with Crippen LogP contribution in [0, 0.1) is 0 Å². The average Bonchev–Trinajstić information content (AvgIpc) is 2.37. The van der Waals surface area contributed by atoms with Crippen LogP contribution in [0.15, 0.2) is 30.3 Å². The molecule has 2 amide bonds. The highest BCUT2D eigenvalue weighted by Gasteiger charge is 2.32. The molecule has 1 aromatic carbocycles. The van der Waals surface area contributed by atoms with Gasteiger partial charge in [0.25, 0.3) is 11.8 Å². The van der Waals surface area contributed by atoms with E-state index < -0.39 is 0 Å². The van der Waals surface area contributed by atoms with E-state index in [0.717, 1.165) is 10.5 Å². The molecule has 1 unspecified atom stereocenters. The summed E-state index contributed by atoms with van der Waals surface area (Å²) in [4.78, 5) is 27.1. The number of quaternary nitrogens is 1. The van der Waals surface area contributed by atoms with Gasteiger partial charge in [-0.3, -0.25) is 9.59 Å². The molecule has 122 valence electrons. The van der Waals surface area contributed by atoms with Crippen LogP contribution in [0.5, 0.6) is 0 Å². The second kappa shape index (κ2) is 7.40. The lowest BCUT2D eigenvalue weighted by atomic mass is 10.0. The Kier molecular flexibility index (Phi) is 6.11. The third-order valence-corrected chi connectivity index (χ3v) is 3.27. The zero-order valence-corrected chi connectivity index (χ0v) is 14.4. The monoisotopic (exact) mass is 306 g/mol. The molecule has 0 aliphatic heterocycles. The summed E-state index contributed by atoms with van der Waals surface area (Å²) in [5.41, 5.74) is 0.646. The summed E-state index contributed by atoms with van der Waals surface area (Å²) in [5, 5.41) is 2.94. The Morgan fingerprint density at radius 3 is 2.18 bits per heavy atom. The maximum absolute atomic E-state index is 12.5. The molecule has 0 heterocycles. The number of rotatable bonds is 5. The molecule has 0 aromatic heterocycles. The van der Waals surface area contributed by atoms with Crippen LogP contribution in [0.1, 0.15) is 32.4 Å². The minimum atomic E-state index is -0.387. The topological polar surface area (TPSA) is 53.9 Å². The van der Waals surface area contributed by atoms with Crippen LogP contribution in [0.25, 0.3) is 0 Å². The van der Waals surface area contributed by atoms with E-state index in [1.807, 2.05) is 58.2 Å². The molecule has 1 rings (SSSR count). The van der Waals surface area contributed by atoms with Crippen LogP contribution in [-0.4, -0.2) is 49.9 Å². The molecule has 5 nitrogen and oxygen atoms in total. The molecule has 0 radical (unpaired) electrons. The van der Waals surface area contributed by atoms with Crippen molar-refractivity contribution in [2.75, 3.05) is 27.7 Å². The van der Waals surface area contributed by atoms with Crippen molar-refractivity contribution in [1.29, 1.82) is 0 Å². The van der Waals surface area contributed by atoms with Gasteiger partial charge in [-0.25, -0.2) is 0 Å².